The average Bonchev–Trinajstić information content (AvgIpc) is 3.06. The second-order valence-corrected chi connectivity index (χ2v) is 7.03. The van der Waals surface area contributed by atoms with Gasteiger partial charge in [0.2, 0.25) is 5.91 Å². The first kappa shape index (κ1) is 20.9. The summed E-state index contributed by atoms with van der Waals surface area (Å²) < 4.78 is 4.61. The Morgan fingerprint density at radius 1 is 1.04 bits per heavy atom. The van der Waals surface area contributed by atoms with Crippen LogP contribution in [0.25, 0.3) is 0 Å². The van der Waals surface area contributed by atoms with E-state index in [0.29, 0.717) is 12.8 Å². The summed E-state index contributed by atoms with van der Waals surface area (Å²) in [7, 11) is 1.43. The second kappa shape index (κ2) is 12.3. The molecular formula is C19H35NO4. The number of aliphatic hydroxyl groups excluding tert-OH is 1. The molecule has 140 valence electrons. The molecule has 0 aromatic heterocycles. The van der Waals surface area contributed by atoms with E-state index in [2.05, 4.69) is 4.74 Å². The Bertz CT molecular complexity index is 370. The van der Waals surface area contributed by atoms with E-state index in [0.717, 1.165) is 45.2 Å². The Kier molecular flexibility index (Phi) is 10.7. The number of carbonyl (C=O) groups is 2. The number of amides is 1. The lowest BCUT2D eigenvalue weighted by molar-refractivity contribution is -0.140. The minimum Gasteiger partial charge on any atom is -0.469 e. The van der Waals surface area contributed by atoms with Gasteiger partial charge in [-0.3, -0.25) is 9.59 Å². The van der Waals surface area contributed by atoms with Crippen LogP contribution in [0.4, 0.5) is 0 Å². The first-order valence-corrected chi connectivity index (χ1v) is 9.57. The molecule has 1 aliphatic heterocycles. The number of esters is 1. The molecular weight excluding hydrogens is 306 g/mol. The zero-order valence-corrected chi connectivity index (χ0v) is 15.5. The van der Waals surface area contributed by atoms with E-state index >= 15 is 0 Å². The van der Waals surface area contributed by atoms with Crippen LogP contribution in [0.3, 0.4) is 0 Å². The topological polar surface area (TPSA) is 66.8 Å². The molecule has 0 bridgehead atoms. The number of hydrogen-bond donors (Lipinski definition) is 1. The van der Waals surface area contributed by atoms with Gasteiger partial charge in [0, 0.05) is 31.8 Å². The van der Waals surface area contributed by atoms with Crippen LogP contribution in [-0.2, 0) is 14.3 Å². The molecule has 1 saturated heterocycles. The summed E-state index contributed by atoms with van der Waals surface area (Å²) in [5.41, 5.74) is 0. The summed E-state index contributed by atoms with van der Waals surface area (Å²) in [4.78, 5) is 25.0. The van der Waals surface area contributed by atoms with Gasteiger partial charge >= 0.3 is 5.97 Å². The molecule has 5 nitrogen and oxygen atoms in total. The van der Waals surface area contributed by atoms with E-state index in [1.54, 1.807) is 0 Å². The molecule has 1 fully saturated rings. The molecule has 0 aliphatic carbocycles. The highest BCUT2D eigenvalue weighted by molar-refractivity contribution is 5.76. The Hall–Kier alpha value is -1.10. The van der Waals surface area contributed by atoms with Gasteiger partial charge in [-0.25, -0.2) is 0 Å². The molecule has 5 heteroatoms. The lowest BCUT2D eigenvalue weighted by atomic mass is 10.0. The van der Waals surface area contributed by atoms with Gasteiger partial charge in [0.25, 0.3) is 0 Å². The molecule has 24 heavy (non-hydrogen) atoms. The number of nitrogens with zero attached hydrogens (tertiary/aromatic N) is 1. The Morgan fingerprint density at radius 2 is 1.58 bits per heavy atom. The van der Waals surface area contributed by atoms with E-state index in [9.17, 15) is 14.7 Å². The number of methoxy groups -OCH3 is 1. The highest BCUT2D eigenvalue weighted by atomic mass is 16.5. The highest BCUT2D eigenvalue weighted by Gasteiger charge is 2.28. The van der Waals surface area contributed by atoms with Gasteiger partial charge in [-0.15, -0.1) is 0 Å². The molecule has 1 rings (SSSR count). The average molecular weight is 341 g/mol. The lowest BCUT2D eigenvalue weighted by Crippen LogP contribution is -2.30. The van der Waals surface area contributed by atoms with Gasteiger partial charge in [0.15, 0.2) is 0 Å². The van der Waals surface area contributed by atoms with Crippen molar-refractivity contribution in [3.63, 3.8) is 0 Å². The van der Waals surface area contributed by atoms with Crippen LogP contribution in [0.2, 0.25) is 0 Å². The van der Waals surface area contributed by atoms with Crippen molar-refractivity contribution in [2.24, 2.45) is 5.92 Å². The number of unbranched alkanes of at least 4 members (excludes halogenated alkanes) is 7. The molecule has 0 saturated carbocycles. The van der Waals surface area contributed by atoms with Crippen LogP contribution in [0.1, 0.15) is 77.6 Å². The minimum atomic E-state index is -0.310. The fourth-order valence-corrected chi connectivity index (χ4v) is 3.27. The number of carbonyl (C=O) groups excluding carboxylic acids is 2. The quantitative estimate of drug-likeness (QED) is 0.437. The summed E-state index contributed by atoms with van der Waals surface area (Å²) in [6.07, 6.45) is 10.7. The molecule has 1 heterocycles. The van der Waals surface area contributed by atoms with Gasteiger partial charge < -0.3 is 14.7 Å². The maximum Gasteiger partial charge on any atom is 0.305 e. The number of rotatable bonds is 12. The monoisotopic (exact) mass is 341 g/mol. The number of likely N-dealkylation sites (tertiary alicyclic amines) is 1. The standard InChI is InChI=1S/C19H35NO4/c1-16(21)17-13-14-20(15-17)18(22)11-9-7-5-3-4-6-8-10-12-19(23)24-2/h16-17,21H,3-15H2,1-2H3. The molecule has 0 spiro atoms. The van der Waals surface area contributed by atoms with E-state index in [-0.39, 0.29) is 23.9 Å². The highest BCUT2D eigenvalue weighted by Crippen LogP contribution is 2.21. The lowest BCUT2D eigenvalue weighted by Gasteiger charge is -2.17. The van der Waals surface area contributed by atoms with Gasteiger partial charge in [-0.05, 0) is 26.2 Å². The summed E-state index contributed by atoms with van der Waals surface area (Å²) in [6, 6.07) is 0. The van der Waals surface area contributed by atoms with Crippen molar-refractivity contribution in [2.45, 2.75) is 83.7 Å². The molecule has 1 N–H and O–H groups in total. The van der Waals surface area contributed by atoms with Crippen LogP contribution in [0.15, 0.2) is 0 Å². The van der Waals surface area contributed by atoms with Crippen LogP contribution in [0.5, 0.6) is 0 Å². The van der Waals surface area contributed by atoms with E-state index in [4.69, 9.17) is 0 Å². The van der Waals surface area contributed by atoms with Gasteiger partial charge in [0.1, 0.15) is 0 Å². The fourth-order valence-electron chi connectivity index (χ4n) is 3.27. The smallest absolute Gasteiger partial charge is 0.305 e. The first-order valence-electron chi connectivity index (χ1n) is 9.57. The van der Waals surface area contributed by atoms with Crippen molar-refractivity contribution in [1.82, 2.24) is 4.90 Å². The van der Waals surface area contributed by atoms with Gasteiger partial charge in [-0.2, -0.15) is 0 Å². The molecule has 2 atom stereocenters. The fraction of sp³-hybridized carbons (Fsp3) is 0.895. The number of ether oxygens (including phenoxy) is 1. The number of hydrogen-bond acceptors (Lipinski definition) is 4. The van der Waals surface area contributed by atoms with Crippen molar-refractivity contribution < 1.29 is 19.4 Å². The predicted octanol–water partition coefficient (Wildman–Crippen LogP) is 3.29. The van der Waals surface area contributed by atoms with Crippen molar-refractivity contribution in [1.29, 1.82) is 0 Å². The second-order valence-electron chi connectivity index (χ2n) is 7.03. The molecule has 1 amide bonds. The maximum absolute atomic E-state index is 12.1. The van der Waals surface area contributed by atoms with Crippen LogP contribution in [0, 0.1) is 5.92 Å². The molecule has 0 aromatic carbocycles. The third kappa shape index (κ3) is 8.67. The largest absolute Gasteiger partial charge is 0.469 e. The zero-order valence-electron chi connectivity index (χ0n) is 15.5. The van der Waals surface area contributed by atoms with E-state index in [1.807, 2.05) is 11.8 Å². The Labute approximate surface area is 146 Å². The Morgan fingerprint density at radius 3 is 2.08 bits per heavy atom. The Balaban J connectivity index is 1.90. The van der Waals surface area contributed by atoms with Crippen LogP contribution in [-0.4, -0.2) is 48.2 Å². The van der Waals surface area contributed by atoms with Gasteiger partial charge in [0.05, 0.1) is 13.2 Å². The predicted molar refractivity (Wildman–Crippen MR) is 94.6 cm³/mol. The first-order chi connectivity index (χ1) is 11.5. The zero-order chi connectivity index (χ0) is 17.8. The number of aliphatic hydroxyl groups is 1. The third-order valence-electron chi connectivity index (χ3n) is 5.01. The summed E-state index contributed by atoms with van der Waals surface area (Å²) in [6.45, 7) is 3.34. The summed E-state index contributed by atoms with van der Waals surface area (Å²) >= 11 is 0. The summed E-state index contributed by atoms with van der Waals surface area (Å²) in [5, 5.41) is 9.58. The minimum absolute atomic E-state index is 0.113. The van der Waals surface area contributed by atoms with E-state index < -0.39 is 0 Å². The third-order valence-corrected chi connectivity index (χ3v) is 5.01. The summed E-state index contributed by atoms with van der Waals surface area (Å²) in [5.74, 6) is 0.395. The molecule has 2 unspecified atom stereocenters. The van der Waals surface area contributed by atoms with Gasteiger partial charge in [-0.1, -0.05) is 38.5 Å². The molecule has 0 radical (unpaired) electrons. The van der Waals surface area contributed by atoms with Crippen molar-refractivity contribution in [3.05, 3.63) is 0 Å². The van der Waals surface area contributed by atoms with Crippen molar-refractivity contribution in [3.8, 4) is 0 Å². The molecule has 0 aromatic rings. The molecule has 1 aliphatic rings. The normalized spacial score (nSPS) is 18.6. The van der Waals surface area contributed by atoms with Crippen molar-refractivity contribution in [2.75, 3.05) is 20.2 Å². The van der Waals surface area contributed by atoms with Crippen LogP contribution >= 0.6 is 0 Å². The van der Waals surface area contributed by atoms with Crippen molar-refractivity contribution >= 4 is 11.9 Å². The SMILES string of the molecule is COC(=O)CCCCCCCCCCC(=O)N1CCC(C(C)O)C1. The maximum atomic E-state index is 12.1. The van der Waals surface area contributed by atoms with Crippen LogP contribution < -0.4 is 0 Å². The van der Waals surface area contributed by atoms with E-state index in [1.165, 1.54) is 32.8 Å².